The number of nitrogens with zero attached hydrogens (tertiary/aromatic N) is 2. The van der Waals surface area contributed by atoms with Crippen molar-refractivity contribution in [2.45, 2.75) is 26.4 Å². The Labute approximate surface area is 134 Å². The molecular formula is C16H18N4O3. The quantitative estimate of drug-likeness (QED) is 0.877. The van der Waals surface area contributed by atoms with E-state index >= 15 is 0 Å². The van der Waals surface area contributed by atoms with E-state index in [0.717, 1.165) is 17.1 Å². The Morgan fingerprint density at radius 1 is 1.22 bits per heavy atom. The summed E-state index contributed by atoms with van der Waals surface area (Å²) in [5.41, 5.74) is 1.34. The number of ether oxygens (including phenoxy) is 2. The molecule has 2 heterocycles. The molecule has 0 saturated heterocycles. The second-order valence-electron chi connectivity index (χ2n) is 5.46. The monoisotopic (exact) mass is 314 g/mol. The largest absolute Gasteiger partial charge is 0.454 e. The molecule has 23 heavy (non-hydrogen) atoms. The SMILES string of the molecule is CC(C)NC(=O)c1cnc(NCc2ccc3c(c2)OCO3)cn1. The molecule has 0 aliphatic carbocycles. The summed E-state index contributed by atoms with van der Waals surface area (Å²) in [6.45, 7) is 4.62. The first kappa shape index (κ1) is 15.1. The van der Waals surface area contributed by atoms with E-state index in [9.17, 15) is 4.79 Å². The number of aromatic nitrogens is 2. The molecule has 0 fully saturated rings. The molecule has 1 aliphatic rings. The van der Waals surface area contributed by atoms with Crippen molar-refractivity contribution in [1.82, 2.24) is 15.3 Å². The van der Waals surface area contributed by atoms with Crippen molar-refractivity contribution in [2.75, 3.05) is 12.1 Å². The van der Waals surface area contributed by atoms with E-state index in [1.165, 1.54) is 6.20 Å². The van der Waals surface area contributed by atoms with Crippen molar-refractivity contribution in [2.24, 2.45) is 0 Å². The van der Waals surface area contributed by atoms with Gasteiger partial charge >= 0.3 is 0 Å². The molecule has 1 aromatic carbocycles. The van der Waals surface area contributed by atoms with Gasteiger partial charge in [0.1, 0.15) is 11.5 Å². The van der Waals surface area contributed by atoms with Crippen LogP contribution in [0.2, 0.25) is 0 Å². The van der Waals surface area contributed by atoms with E-state index in [-0.39, 0.29) is 18.7 Å². The van der Waals surface area contributed by atoms with Crippen molar-refractivity contribution in [3.05, 3.63) is 41.9 Å². The van der Waals surface area contributed by atoms with Gasteiger partial charge < -0.3 is 20.1 Å². The minimum absolute atomic E-state index is 0.0631. The van der Waals surface area contributed by atoms with E-state index in [1.54, 1.807) is 6.20 Å². The lowest BCUT2D eigenvalue weighted by Crippen LogP contribution is -2.30. The summed E-state index contributed by atoms with van der Waals surface area (Å²) < 4.78 is 10.6. The first-order valence-corrected chi connectivity index (χ1v) is 7.37. The van der Waals surface area contributed by atoms with Gasteiger partial charge in [0.25, 0.3) is 5.91 Å². The van der Waals surface area contributed by atoms with E-state index in [2.05, 4.69) is 20.6 Å². The third-order valence-corrected chi connectivity index (χ3v) is 3.21. The smallest absolute Gasteiger partial charge is 0.271 e. The van der Waals surface area contributed by atoms with Crippen molar-refractivity contribution < 1.29 is 14.3 Å². The summed E-state index contributed by atoms with van der Waals surface area (Å²) in [5, 5.41) is 5.93. The Bertz CT molecular complexity index is 701. The summed E-state index contributed by atoms with van der Waals surface area (Å²) in [5.74, 6) is 1.88. The van der Waals surface area contributed by atoms with Gasteiger partial charge in [0.2, 0.25) is 6.79 Å². The lowest BCUT2D eigenvalue weighted by atomic mass is 10.2. The van der Waals surface area contributed by atoms with Crippen LogP contribution in [0.15, 0.2) is 30.6 Å². The maximum Gasteiger partial charge on any atom is 0.271 e. The number of benzene rings is 1. The van der Waals surface area contributed by atoms with Crippen LogP contribution in [0.4, 0.5) is 5.82 Å². The minimum Gasteiger partial charge on any atom is -0.454 e. The predicted octanol–water partition coefficient (Wildman–Crippen LogP) is 1.96. The van der Waals surface area contributed by atoms with Gasteiger partial charge in [0.15, 0.2) is 11.5 Å². The summed E-state index contributed by atoms with van der Waals surface area (Å²) in [7, 11) is 0. The normalized spacial score (nSPS) is 12.3. The molecule has 3 rings (SSSR count). The molecule has 0 radical (unpaired) electrons. The topological polar surface area (TPSA) is 85.4 Å². The molecule has 0 bridgehead atoms. The number of nitrogens with one attached hydrogen (secondary N) is 2. The Morgan fingerprint density at radius 2 is 2.04 bits per heavy atom. The fourth-order valence-corrected chi connectivity index (χ4v) is 2.12. The fraction of sp³-hybridized carbons (Fsp3) is 0.312. The lowest BCUT2D eigenvalue weighted by Gasteiger charge is -2.09. The van der Waals surface area contributed by atoms with Crippen LogP contribution in [0.25, 0.3) is 0 Å². The van der Waals surface area contributed by atoms with Crippen LogP contribution in [0.5, 0.6) is 11.5 Å². The molecule has 0 unspecified atom stereocenters. The number of carbonyl (C=O) groups excluding carboxylic acids is 1. The van der Waals surface area contributed by atoms with Crippen LogP contribution >= 0.6 is 0 Å². The molecule has 0 atom stereocenters. The number of carbonyl (C=O) groups is 1. The van der Waals surface area contributed by atoms with Crippen LogP contribution in [0.3, 0.4) is 0 Å². The van der Waals surface area contributed by atoms with Gasteiger partial charge in [0.05, 0.1) is 12.4 Å². The molecule has 7 heteroatoms. The number of rotatable bonds is 5. The zero-order valence-electron chi connectivity index (χ0n) is 13.0. The molecule has 2 N–H and O–H groups in total. The molecule has 2 aromatic rings. The highest BCUT2D eigenvalue weighted by molar-refractivity contribution is 5.92. The molecule has 7 nitrogen and oxygen atoms in total. The van der Waals surface area contributed by atoms with Gasteiger partial charge in [-0.05, 0) is 31.5 Å². The Hall–Kier alpha value is -2.83. The molecule has 120 valence electrons. The molecule has 1 aromatic heterocycles. The zero-order chi connectivity index (χ0) is 16.2. The zero-order valence-corrected chi connectivity index (χ0v) is 13.0. The van der Waals surface area contributed by atoms with Crippen LogP contribution in [-0.2, 0) is 6.54 Å². The molecular weight excluding hydrogens is 296 g/mol. The van der Waals surface area contributed by atoms with Gasteiger partial charge in [-0.3, -0.25) is 4.79 Å². The maximum atomic E-state index is 11.8. The number of fused-ring (bicyclic) bond motifs is 1. The Kier molecular flexibility index (Phi) is 4.27. The van der Waals surface area contributed by atoms with E-state index in [0.29, 0.717) is 18.1 Å². The second-order valence-corrected chi connectivity index (χ2v) is 5.46. The summed E-state index contributed by atoms with van der Waals surface area (Å²) in [6, 6.07) is 5.82. The summed E-state index contributed by atoms with van der Waals surface area (Å²) >= 11 is 0. The lowest BCUT2D eigenvalue weighted by molar-refractivity contribution is 0.0937. The maximum absolute atomic E-state index is 11.8. The first-order valence-electron chi connectivity index (χ1n) is 7.37. The number of amides is 1. The summed E-state index contributed by atoms with van der Waals surface area (Å²) in [4.78, 5) is 20.1. The average Bonchev–Trinajstić information content (AvgIpc) is 3.00. The summed E-state index contributed by atoms with van der Waals surface area (Å²) in [6.07, 6.45) is 3.00. The van der Waals surface area contributed by atoms with E-state index < -0.39 is 0 Å². The van der Waals surface area contributed by atoms with Crippen LogP contribution in [-0.4, -0.2) is 28.7 Å². The highest BCUT2D eigenvalue weighted by Crippen LogP contribution is 2.32. The third kappa shape index (κ3) is 3.68. The number of anilines is 1. The Morgan fingerprint density at radius 3 is 2.78 bits per heavy atom. The second kappa shape index (κ2) is 6.51. The standard InChI is InChI=1S/C16H18N4O3/c1-10(2)20-16(21)12-7-19-15(8-17-12)18-6-11-3-4-13-14(5-11)23-9-22-13/h3-5,7-8,10H,6,9H2,1-2H3,(H,18,19)(H,20,21). The predicted molar refractivity (Wildman–Crippen MR) is 84.5 cm³/mol. The first-order chi connectivity index (χ1) is 11.1. The van der Waals surface area contributed by atoms with E-state index in [1.807, 2.05) is 32.0 Å². The fourth-order valence-electron chi connectivity index (χ4n) is 2.12. The average molecular weight is 314 g/mol. The minimum atomic E-state index is -0.227. The van der Waals surface area contributed by atoms with Gasteiger partial charge in [0, 0.05) is 12.6 Å². The van der Waals surface area contributed by atoms with Gasteiger partial charge in [-0.25, -0.2) is 9.97 Å². The van der Waals surface area contributed by atoms with E-state index in [4.69, 9.17) is 9.47 Å². The van der Waals surface area contributed by atoms with Crippen molar-refractivity contribution in [1.29, 1.82) is 0 Å². The molecule has 1 amide bonds. The van der Waals surface area contributed by atoms with Crippen LogP contribution in [0.1, 0.15) is 29.9 Å². The molecule has 1 aliphatic heterocycles. The number of hydrogen-bond acceptors (Lipinski definition) is 6. The van der Waals surface area contributed by atoms with Crippen LogP contribution < -0.4 is 20.1 Å². The van der Waals surface area contributed by atoms with Crippen molar-refractivity contribution in [3.63, 3.8) is 0 Å². The van der Waals surface area contributed by atoms with Gasteiger partial charge in [-0.15, -0.1) is 0 Å². The Balaban J connectivity index is 1.59. The highest BCUT2D eigenvalue weighted by Gasteiger charge is 2.13. The molecule has 0 saturated carbocycles. The number of hydrogen-bond donors (Lipinski definition) is 2. The van der Waals surface area contributed by atoms with Crippen molar-refractivity contribution in [3.8, 4) is 11.5 Å². The third-order valence-electron chi connectivity index (χ3n) is 3.21. The van der Waals surface area contributed by atoms with Gasteiger partial charge in [-0.1, -0.05) is 6.07 Å². The van der Waals surface area contributed by atoms with Gasteiger partial charge in [-0.2, -0.15) is 0 Å². The van der Waals surface area contributed by atoms with Crippen molar-refractivity contribution >= 4 is 11.7 Å². The molecule has 0 spiro atoms. The van der Waals surface area contributed by atoms with Crippen LogP contribution in [0, 0.1) is 0 Å². The highest BCUT2D eigenvalue weighted by atomic mass is 16.7.